The molecular weight excluding hydrogens is 360 g/mol. The van der Waals surface area contributed by atoms with Crippen LogP contribution in [0.2, 0.25) is 0 Å². The van der Waals surface area contributed by atoms with E-state index < -0.39 is 5.97 Å². The average molecular weight is 386 g/mol. The third-order valence-electron chi connectivity index (χ3n) is 5.26. The number of H-pyrrole nitrogens is 1. The lowest BCUT2D eigenvalue weighted by Gasteiger charge is -2.20. The van der Waals surface area contributed by atoms with Crippen molar-refractivity contribution in [1.29, 1.82) is 0 Å². The lowest BCUT2D eigenvalue weighted by Crippen LogP contribution is -2.15. The van der Waals surface area contributed by atoms with Crippen molar-refractivity contribution in [3.63, 3.8) is 0 Å². The molecule has 1 aromatic carbocycles. The molecule has 28 heavy (non-hydrogen) atoms. The molecule has 0 bridgehead atoms. The summed E-state index contributed by atoms with van der Waals surface area (Å²) >= 11 is 0. The molecule has 0 saturated heterocycles. The summed E-state index contributed by atoms with van der Waals surface area (Å²) in [4.78, 5) is 42.7. The molecule has 1 fully saturated rings. The second-order valence-electron chi connectivity index (χ2n) is 7.29. The van der Waals surface area contributed by atoms with Crippen LogP contribution in [-0.2, 0) is 20.9 Å². The third kappa shape index (κ3) is 5.18. The highest BCUT2D eigenvalue weighted by atomic mass is 16.5. The normalized spacial score (nSPS) is 14.8. The Morgan fingerprint density at radius 1 is 1.21 bits per heavy atom. The van der Waals surface area contributed by atoms with Gasteiger partial charge in [-0.1, -0.05) is 32.1 Å². The Bertz CT molecular complexity index is 899. The molecule has 150 valence electrons. The predicted molar refractivity (Wildman–Crippen MR) is 104 cm³/mol. The van der Waals surface area contributed by atoms with Gasteiger partial charge >= 0.3 is 11.9 Å². The molecule has 1 aromatic heterocycles. The van der Waals surface area contributed by atoms with Crippen LogP contribution in [0.3, 0.4) is 0 Å². The van der Waals surface area contributed by atoms with E-state index in [-0.39, 0.29) is 24.0 Å². The van der Waals surface area contributed by atoms with Gasteiger partial charge in [-0.15, -0.1) is 0 Å². The van der Waals surface area contributed by atoms with Crippen LogP contribution in [0, 0.1) is 5.92 Å². The minimum Gasteiger partial charge on any atom is -0.465 e. The zero-order chi connectivity index (χ0) is 19.9. The standard InChI is InChI=1S/C21H26N2O5/c1-27-21(26)15-10-11-16-17(12-15)22-18(23-20(16)25)13-28-19(24)9-5-8-14-6-3-2-4-7-14/h10-12,14H,2-9,13H2,1H3,(H,22,23,25). The van der Waals surface area contributed by atoms with Gasteiger partial charge in [-0.25, -0.2) is 9.78 Å². The van der Waals surface area contributed by atoms with Crippen LogP contribution >= 0.6 is 0 Å². The van der Waals surface area contributed by atoms with Gasteiger partial charge in [0, 0.05) is 6.42 Å². The van der Waals surface area contributed by atoms with Gasteiger partial charge in [0.2, 0.25) is 0 Å². The Morgan fingerprint density at radius 3 is 2.75 bits per heavy atom. The number of aromatic nitrogens is 2. The number of hydrogen-bond donors (Lipinski definition) is 1. The van der Waals surface area contributed by atoms with Gasteiger partial charge in [-0.2, -0.15) is 0 Å². The number of fused-ring (bicyclic) bond motifs is 1. The molecule has 0 atom stereocenters. The summed E-state index contributed by atoms with van der Waals surface area (Å²) in [7, 11) is 1.29. The number of carbonyl (C=O) groups is 2. The third-order valence-corrected chi connectivity index (χ3v) is 5.26. The summed E-state index contributed by atoms with van der Waals surface area (Å²) < 4.78 is 9.94. The first-order valence-corrected chi connectivity index (χ1v) is 9.83. The van der Waals surface area contributed by atoms with Crippen molar-refractivity contribution in [2.24, 2.45) is 5.92 Å². The fourth-order valence-electron chi connectivity index (χ4n) is 3.73. The van der Waals surface area contributed by atoms with Crippen molar-refractivity contribution in [2.45, 2.75) is 58.0 Å². The zero-order valence-electron chi connectivity index (χ0n) is 16.2. The van der Waals surface area contributed by atoms with Gasteiger partial charge in [0.05, 0.1) is 23.6 Å². The van der Waals surface area contributed by atoms with Crippen molar-refractivity contribution >= 4 is 22.8 Å². The van der Waals surface area contributed by atoms with E-state index in [1.54, 1.807) is 0 Å². The van der Waals surface area contributed by atoms with Crippen molar-refractivity contribution < 1.29 is 19.1 Å². The van der Waals surface area contributed by atoms with E-state index in [9.17, 15) is 14.4 Å². The Morgan fingerprint density at radius 2 is 2.00 bits per heavy atom. The van der Waals surface area contributed by atoms with Crippen LogP contribution < -0.4 is 5.56 Å². The number of benzene rings is 1. The summed E-state index contributed by atoms with van der Waals surface area (Å²) in [6.45, 7) is -0.101. The van der Waals surface area contributed by atoms with E-state index >= 15 is 0 Å². The van der Waals surface area contributed by atoms with Gasteiger partial charge in [0.25, 0.3) is 5.56 Å². The molecule has 0 unspecified atom stereocenters. The van der Waals surface area contributed by atoms with Crippen LogP contribution in [0.25, 0.3) is 10.9 Å². The molecule has 2 aromatic rings. The molecule has 1 N–H and O–H groups in total. The van der Waals surface area contributed by atoms with Crippen molar-refractivity contribution in [3.8, 4) is 0 Å². The molecular formula is C21H26N2O5. The number of hydrogen-bond acceptors (Lipinski definition) is 6. The number of methoxy groups -OCH3 is 1. The van der Waals surface area contributed by atoms with Crippen molar-refractivity contribution in [1.82, 2.24) is 9.97 Å². The minimum absolute atomic E-state index is 0.101. The summed E-state index contributed by atoms with van der Waals surface area (Å²) in [6.07, 6.45) is 8.73. The Kier molecular flexibility index (Phi) is 6.79. The molecule has 3 rings (SSSR count). The van der Waals surface area contributed by atoms with Gasteiger partial charge in [-0.3, -0.25) is 9.59 Å². The van der Waals surface area contributed by atoms with Gasteiger partial charge < -0.3 is 14.5 Å². The predicted octanol–water partition coefficient (Wildman–Crippen LogP) is 3.50. The van der Waals surface area contributed by atoms with Gasteiger partial charge in [0.1, 0.15) is 12.4 Å². The second kappa shape index (κ2) is 9.48. The first kappa shape index (κ1) is 20.0. The van der Waals surface area contributed by atoms with Crippen LogP contribution in [-0.4, -0.2) is 29.0 Å². The van der Waals surface area contributed by atoms with E-state index in [1.165, 1.54) is 57.4 Å². The Balaban J connectivity index is 1.56. The van der Waals surface area contributed by atoms with E-state index in [0.717, 1.165) is 18.8 Å². The minimum atomic E-state index is -0.505. The monoisotopic (exact) mass is 386 g/mol. The van der Waals surface area contributed by atoms with Crippen LogP contribution in [0.5, 0.6) is 0 Å². The fourth-order valence-corrected chi connectivity index (χ4v) is 3.73. The van der Waals surface area contributed by atoms with Crippen LogP contribution in [0.15, 0.2) is 23.0 Å². The average Bonchev–Trinajstić information content (AvgIpc) is 2.72. The maximum Gasteiger partial charge on any atom is 0.337 e. The van der Waals surface area contributed by atoms with Gasteiger partial charge in [0.15, 0.2) is 0 Å². The maximum atomic E-state index is 12.2. The number of esters is 2. The van der Waals surface area contributed by atoms with E-state index in [4.69, 9.17) is 4.74 Å². The Labute approximate surface area is 163 Å². The van der Waals surface area contributed by atoms with Crippen molar-refractivity contribution in [3.05, 3.63) is 39.9 Å². The molecule has 1 heterocycles. The zero-order valence-corrected chi connectivity index (χ0v) is 16.2. The molecule has 7 heteroatoms. The number of nitrogens with zero attached hydrogens (tertiary/aromatic N) is 1. The quantitative estimate of drug-likeness (QED) is 0.731. The van der Waals surface area contributed by atoms with Crippen molar-refractivity contribution in [2.75, 3.05) is 7.11 Å². The molecule has 0 radical (unpaired) electrons. The Hall–Kier alpha value is -2.70. The highest BCUT2D eigenvalue weighted by Crippen LogP contribution is 2.27. The van der Waals surface area contributed by atoms with Crippen LogP contribution in [0.1, 0.15) is 67.5 Å². The van der Waals surface area contributed by atoms with E-state index in [0.29, 0.717) is 22.9 Å². The number of carbonyl (C=O) groups excluding carboxylic acids is 2. The second-order valence-corrected chi connectivity index (χ2v) is 7.29. The fraction of sp³-hybridized carbons (Fsp3) is 0.524. The molecule has 0 aliphatic heterocycles. The van der Waals surface area contributed by atoms with Gasteiger partial charge in [-0.05, 0) is 37.0 Å². The number of aromatic amines is 1. The first-order valence-electron chi connectivity index (χ1n) is 9.83. The maximum absolute atomic E-state index is 12.2. The van der Waals surface area contributed by atoms with E-state index in [2.05, 4.69) is 14.7 Å². The first-order chi connectivity index (χ1) is 13.6. The topological polar surface area (TPSA) is 98.4 Å². The van der Waals surface area contributed by atoms with Crippen LogP contribution in [0.4, 0.5) is 0 Å². The smallest absolute Gasteiger partial charge is 0.337 e. The summed E-state index contributed by atoms with van der Waals surface area (Å²) in [5.41, 5.74) is 0.318. The molecule has 7 nitrogen and oxygen atoms in total. The largest absolute Gasteiger partial charge is 0.465 e. The molecule has 1 aliphatic carbocycles. The number of ether oxygens (including phenoxy) is 2. The SMILES string of the molecule is COC(=O)c1ccc2c(=O)[nH]c(COC(=O)CCCC3CCCCC3)nc2c1. The molecule has 1 aliphatic rings. The summed E-state index contributed by atoms with van der Waals surface area (Å²) in [5, 5.41) is 0.357. The highest BCUT2D eigenvalue weighted by Gasteiger charge is 2.14. The highest BCUT2D eigenvalue weighted by molar-refractivity contribution is 5.93. The summed E-state index contributed by atoms with van der Waals surface area (Å²) in [5.74, 6) is 0.195. The summed E-state index contributed by atoms with van der Waals surface area (Å²) in [6, 6.07) is 4.53. The lowest BCUT2D eigenvalue weighted by molar-refractivity contribution is -0.145. The molecule has 1 saturated carbocycles. The molecule has 0 amide bonds. The lowest BCUT2D eigenvalue weighted by atomic mass is 9.86. The number of rotatable bonds is 7. The number of nitrogens with one attached hydrogen (secondary N) is 1. The van der Waals surface area contributed by atoms with E-state index in [1.807, 2.05) is 0 Å². The molecule has 0 spiro atoms.